The maximum Gasteiger partial charge on any atom is 0.341 e. The normalized spacial score (nSPS) is 16.1. The Hall–Kier alpha value is -2.40. The van der Waals surface area contributed by atoms with Crippen LogP contribution >= 0.6 is 23.2 Å². The van der Waals surface area contributed by atoms with Crippen molar-refractivity contribution in [1.29, 1.82) is 0 Å². The van der Waals surface area contributed by atoms with Crippen LogP contribution in [0.15, 0.2) is 11.6 Å². The lowest BCUT2D eigenvalue weighted by Gasteiger charge is -2.26. The molecule has 3 rings (SSSR count). The first-order valence-electron chi connectivity index (χ1n) is 12.9. The predicted octanol–water partition coefficient (Wildman–Crippen LogP) is 4.64. The quantitative estimate of drug-likeness (QED) is 0.154. The third-order valence-corrected chi connectivity index (χ3v) is 7.13. The molecule has 1 amide bonds. The zero-order chi connectivity index (χ0) is 28.6. The molecule has 1 fully saturated rings. The van der Waals surface area contributed by atoms with Crippen molar-refractivity contribution in [3.63, 3.8) is 0 Å². The number of carbonyl (C=O) groups is 3. The molecule has 2 aliphatic rings. The number of carbonyl (C=O) groups excluding carboxylic acids is 3. The van der Waals surface area contributed by atoms with Crippen molar-refractivity contribution in [2.75, 3.05) is 51.9 Å². The number of halogens is 3. The third kappa shape index (κ3) is 8.54. The number of anilines is 1. The van der Waals surface area contributed by atoms with Gasteiger partial charge in [0.25, 0.3) is 5.91 Å². The molecule has 1 saturated heterocycles. The molecule has 1 aromatic carbocycles. The van der Waals surface area contributed by atoms with Crippen LogP contribution in [0.25, 0.3) is 0 Å². The number of hydrogen-bond donors (Lipinski definition) is 1. The molecule has 0 atom stereocenters. The minimum absolute atomic E-state index is 0.00772. The summed E-state index contributed by atoms with van der Waals surface area (Å²) in [5.41, 5.74) is 2.65. The SMILES string of the molecule is COc1c(C)c2c(c(NC(=O)C(F)(Cl)Cl)c1CC=C(C)CCC(=O)OCCCCN1CCOCC1)C(=O)OC2. The number of morpholine rings is 1. The zero-order valence-corrected chi connectivity index (χ0v) is 24.0. The number of alkyl halides is 3. The summed E-state index contributed by atoms with van der Waals surface area (Å²) in [6.45, 7) is 8.39. The molecule has 2 heterocycles. The van der Waals surface area contributed by atoms with Crippen LogP contribution in [-0.2, 0) is 36.8 Å². The minimum atomic E-state index is -3.21. The van der Waals surface area contributed by atoms with Gasteiger partial charge in [0.15, 0.2) is 0 Å². The first-order chi connectivity index (χ1) is 18.5. The van der Waals surface area contributed by atoms with E-state index < -0.39 is 16.5 Å². The third-order valence-electron chi connectivity index (χ3n) is 6.79. The van der Waals surface area contributed by atoms with Crippen LogP contribution in [-0.4, -0.2) is 73.9 Å². The second kappa shape index (κ2) is 14.3. The number of nitrogens with zero attached hydrogens (tertiary/aromatic N) is 1. The lowest BCUT2D eigenvalue weighted by molar-refractivity contribution is -0.143. The summed E-state index contributed by atoms with van der Waals surface area (Å²) >= 11 is 10.7. The average Bonchev–Trinajstić information content (AvgIpc) is 3.29. The summed E-state index contributed by atoms with van der Waals surface area (Å²) in [6.07, 6.45) is 4.49. The van der Waals surface area contributed by atoms with Crippen LogP contribution in [0.1, 0.15) is 59.7 Å². The highest BCUT2D eigenvalue weighted by Crippen LogP contribution is 2.42. The van der Waals surface area contributed by atoms with E-state index in [0.717, 1.165) is 51.3 Å². The molecule has 216 valence electrons. The van der Waals surface area contributed by atoms with Gasteiger partial charge in [-0.15, -0.1) is 0 Å². The van der Waals surface area contributed by atoms with Gasteiger partial charge in [0, 0.05) is 30.6 Å². The lowest BCUT2D eigenvalue weighted by atomic mass is 9.93. The maximum absolute atomic E-state index is 13.9. The summed E-state index contributed by atoms with van der Waals surface area (Å²) < 4.78 is 32.2. The molecule has 0 bridgehead atoms. The van der Waals surface area contributed by atoms with Crippen LogP contribution in [0, 0.1) is 6.92 Å². The van der Waals surface area contributed by atoms with Gasteiger partial charge < -0.3 is 24.3 Å². The maximum atomic E-state index is 13.9. The molecule has 0 unspecified atom stereocenters. The van der Waals surface area contributed by atoms with E-state index in [1.807, 2.05) is 13.0 Å². The monoisotopic (exact) mass is 588 g/mol. The Balaban J connectivity index is 1.61. The fourth-order valence-electron chi connectivity index (χ4n) is 4.57. The van der Waals surface area contributed by atoms with Crippen LogP contribution in [0.4, 0.5) is 10.1 Å². The fourth-order valence-corrected chi connectivity index (χ4v) is 4.67. The van der Waals surface area contributed by atoms with Crippen LogP contribution < -0.4 is 10.1 Å². The van der Waals surface area contributed by atoms with E-state index in [2.05, 4.69) is 10.2 Å². The summed E-state index contributed by atoms with van der Waals surface area (Å²) in [4.78, 5) is 39.3. The van der Waals surface area contributed by atoms with Gasteiger partial charge in [-0.3, -0.25) is 14.5 Å². The molecular formula is C27H35Cl2FN2O7. The number of amides is 1. The van der Waals surface area contributed by atoms with Crippen molar-refractivity contribution in [2.24, 2.45) is 0 Å². The van der Waals surface area contributed by atoms with E-state index in [-0.39, 0.29) is 36.7 Å². The molecule has 0 saturated carbocycles. The molecule has 1 N–H and O–H groups in total. The molecule has 12 heteroatoms. The number of esters is 2. The molecule has 1 aromatic rings. The standard InChI is InChI=1S/C27H35Cl2FN2O7/c1-17(7-9-21(33)38-13-5-4-10-32-11-14-37-15-12-32)6-8-19-23(31-26(35)27(28,29)30)22-20(16-39-25(22)34)18(2)24(19)36-3/h6H,4-5,7-16H2,1-3H3,(H,31,35). The minimum Gasteiger partial charge on any atom is -0.496 e. The van der Waals surface area contributed by atoms with Gasteiger partial charge in [0.1, 0.15) is 12.4 Å². The number of nitrogens with one attached hydrogen (secondary N) is 1. The molecule has 0 spiro atoms. The van der Waals surface area contributed by atoms with Gasteiger partial charge in [-0.1, -0.05) is 34.9 Å². The smallest absolute Gasteiger partial charge is 0.341 e. The second-order valence-electron chi connectivity index (χ2n) is 9.53. The number of allylic oxidation sites excluding steroid dienone is 2. The van der Waals surface area contributed by atoms with E-state index in [1.54, 1.807) is 6.92 Å². The summed E-state index contributed by atoms with van der Waals surface area (Å²) in [5.74, 6) is -1.86. The largest absolute Gasteiger partial charge is 0.496 e. The molecule has 2 aliphatic heterocycles. The highest BCUT2D eigenvalue weighted by molar-refractivity contribution is 6.57. The van der Waals surface area contributed by atoms with Crippen molar-refractivity contribution in [3.8, 4) is 5.75 Å². The number of methoxy groups -OCH3 is 1. The van der Waals surface area contributed by atoms with E-state index in [0.29, 0.717) is 35.5 Å². The number of fused-ring (bicyclic) bond motifs is 1. The molecule has 39 heavy (non-hydrogen) atoms. The topological polar surface area (TPSA) is 103 Å². The van der Waals surface area contributed by atoms with Crippen molar-refractivity contribution in [3.05, 3.63) is 33.9 Å². The number of hydrogen-bond acceptors (Lipinski definition) is 8. The summed E-state index contributed by atoms with van der Waals surface area (Å²) in [5, 5.41) is 2.34. The van der Waals surface area contributed by atoms with E-state index in [9.17, 15) is 18.8 Å². The van der Waals surface area contributed by atoms with Gasteiger partial charge in [-0.2, -0.15) is 4.39 Å². The first kappa shape index (κ1) is 31.1. The van der Waals surface area contributed by atoms with Crippen molar-refractivity contribution < 1.29 is 37.7 Å². The Labute approximate surface area is 237 Å². The lowest BCUT2D eigenvalue weighted by Crippen LogP contribution is -2.36. The molecular weight excluding hydrogens is 554 g/mol. The van der Waals surface area contributed by atoms with Gasteiger partial charge in [-0.05, 0) is 51.6 Å². The van der Waals surface area contributed by atoms with Crippen molar-refractivity contribution in [2.45, 2.75) is 57.1 Å². The Morgan fingerprint density at radius 2 is 1.92 bits per heavy atom. The van der Waals surface area contributed by atoms with Gasteiger partial charge >= 0.3 is 16.5 Å². The van der Waals surface area contributed by atoms with Crippen LogP contribution in [0.5, 0.6) is 5.75 Å². The summed E-state index contributed by atoms with van der Waals surface area (Å²) in [7, 11) is 1.46. The number of benzene rings is 1. The highest BCUT2D eigenvalue weighted by atomic mass is 35.5. The van der Waals surface area contributed by atoms with Crippen molar-refractivity contribution in [1.82, 2.24) is 4.90 Å². The Kier molecular flexibility index (Phi) is 11.4. The van der Waals surface area contributed by atoms with Gasteiger partial charge in [0.05, 0.1) is 38.2 Å². The molecule has 0 aromatic heterocycles. The number of ether oxygens (including phenoxy) is 4. The van der Waals surface area contributed by atoms with E-state index in [4.69, 9.17) is 42.1 Å². The predicted molar refractivity (Wildman–Crippen MR) is 145 cm³/mol. The Morgan fingerprint density at radius 3 is 2.59 bits per heavy atom. The zero-order valence-electron chi connectivity index (χ0n) is 22.5. The average molecular weight is 589 g/mol. The highest BCUT2D eigenvalue weighted by Gasteiger charge is 2.38. The van der Waals surface area contributed by atoms with Crippen molar-refractivity contribution >= 4 is 46.7 Å². The Morgan fingerprint density at radius 1 is 1.21 bits per heavy atom. The van der Waals surface area contributed by atoms with Gasteiger partial charge in [-0.25, -0.2) is 4.79 Å². The van der Waals surface area contributed by atoms with Crippen LogP contribution in [0.2, 0.25) is 0 Å². The molecule has 0 aliphatic carbocycles. The number of unbranched alkanes of at least 4 members (excludes halogenated alkanes) is 1. The Bertz CT molecular complexity index is 1100. The summed E-state index contributed by atoms with van der Waals surface area (Å²) in [6, 6.07) is 0. The van der Waals surface area contributed by atoms with E-state index in [1.165, 1.54) is 7.11 Å². The number of rotatable bonds is 13. The molecule has 9 nitrogen and oxygen atoms in total. The molecule has 0 radical (unpaired) electrons. The first-order valence-corrected chi connectivity index (χ1v) is 13.7. The van der Waals surface area contributed by atoms with E-state index >= 15 is 0 Å². The number of cyclic esters (lactones) is 1. The van der Waals surface area contributed by atoms with Gasteiger partial charge in [0.2, 0.25) is 0 Å². The second-order valence-corrected chi connectivity index (χ2v) is 10.8. The van der Waals surface area contributed by atoms with Crippen LogP contribution in [0.3, 0.4) is 0 Å². The fraction of sp³-hybridized carbons (Fsp3) is 0.593.